The molecule has 8 N–H and O–H groups in total. The van der Waals surface area contributed by atoms with E-state index in [-0.39, 0.29) is 97.8 Å². The van der Waals surface area contributed by atoms with Crippen LogP contribution in [0.1, 0.15) is 110 Å². The number of H-pyrrole nitrogens is 1. The van der Waals surface area contributed by atoms with E-state index in [4.69, 9.17) is 39.6 Å². The Morgan fingerprint density at radius 1 is 0.677 bits per heavy atom. The molecule has 5 aromatic rings. The zero-order chi connectivity index (χ0) is 71.4. The number of aromatic amines is 1. The molecule has 1 radical (unpaired) electrons. The van der Waals surface area contributed by atoms with Crippen LogP contribution >= 0.6 is 67.7 Å². The number of methoxy groups -OCH3 is 8. The summed E-state index contributed by atoms with van der Waals surface area (Å²) >= 11 is 20.4. The second-order valence-corrected chi connectivity index (χ2v) is 24.8. The standard InChI is InChI=1S/C16H20O6.C15H17N3O4.C10H11BrO3.C10H12O3.C6H10O3.CH5N3.BHNS.Cl3OP.Na.H/c1-5-22-16(19)13(10(2)17)9-12-8-11(15(18)21-4)6-7-14(12)20-3;1-8-11(13(19)18-15(16)17-8)7-10-6-9(14(20)22-3)4-5-12(10)21-2;1-13-9-4-3-7(10(12)14-2)5-8(9)6-11;1-7-6-8(10(11)13-3)4-5-9(7)12-2;1-3-9-6(8)4-5(2)7;2-1(3)4;1-2-3;1-5(2,3)4;;/h6-8,13H,5,9H2,1-4H3;4-6H,7H2,1-3H3,(H3,16,17,18,19);3-5H,6H2,1-2H3;4-6H,1-3H3;3-4H2,1-2H3;(H5,2,3,4);3H;;;/q;;;;;;;;+1;-1. The first kappa shape index (κ1) is 92.4. The van der Waals surface area contributed by atoms with E-state index in [2.05, 4.69) is 115 Å². The van der Waals surface area contributed by atoms with Crippen LogP contribution in [0.2, 0.25) is 0 Å². The molecule has 5 rings (SSSR count). The van der Waals surface area contributed by atoms with Gasteiger partial charge in [-0.3, -0.25) is 38.9 Å². The van der Waals surface area contributed by atoms with Gasteiger partial charge < -0.3 is 66.0 Å². The fraction of sp³-hybridized carbons (Fsp3) is 0.362. The molecule has 1 heterocycles. The summed E-state index contributed by atoms with van der Waals surface area (Å²) in [5.41, 5.74) is 20.0. The molecule has 4 aromatic carbocycles. The Balaban J connectivity index is -0.000000343. The first-order valence-corrected chi connectivity index (χ1v) is 32.1. The van der Waals surface area contributed by atoms with E-state index in [1.54, 1.807) is 108 Å². The number of halogens is 4. The third-order valence-electron chi connectivity index (χ3n) is 10.9. The summed E-state index contributed by atoms with van der Waals surface area (Å²) in [5.74, 6) is -1.70. The number of ketones is 2. The Bertz CT molecular complexity index is 3370. The number of esters is 6. The summed E-state index contributed by atoms with van der Waals surface area (Å²) in [5, 5.41) is 3.47. The number of hydrogen-bond donors (Lipinski definition) is 6. The summed E-state index contributed by atoms with van der Waals surface area (Å²) in [6, 6.07) is 20.0. The number of nitrogens with two attached hydrogens (primary N) is 3. The van der Waals surface area contributed by atoms with Crippen LogP contribution in [0.25, 0.3) is 0 Å². The minimum absolute atomic E-state index is 0. The number of hydrogen-bond acceptors (Lipinski definition) is 25. The number of nitrogen functional groups attached to an aromatic ring is 1. The van der Waals surface area contributed by atoms with Gasteiger partial charge in [-0.2, -0.15) is 0 Å². The average molecular weight is 1480 g/mol. The van der Waals surface area contributed by atoms with Gasteiger partial charge in [-0.05, 0) is 171 Å². The Kier molecular flexibility index (Phi) is 51.1. The van der Waals surface area contributed by atoms with Gasteiger partial charge in [0, 0.05) is 22.9 Å². The summed E-state index contributed by atoms with van der Waals surface area (Å²) in [6.45, 7) is 10.2. The van der Waals surface area contributed by atoms with Crippen LogP contribution in [0.15, 0.2) is 81.9 Å². The number of guanidine groups is 1. The summed E-state index contributed by atoms with van der Waals surface area (Å²) < 4.78 is 60.9. The van der Waals surface area contributed by atoms with E-state index in [0.717, 1.165) is 22.6 Å². The van der Waals surface area contributed by atoms with Gasteiger partial charge in [-0.1, -0.05) is 15.9 Å². The van der Waals surface area contributed by atoms with Gasteiger partial charge in [0.2, 0.25) is 5.95 Å². The number of carbonyl (C=O) groups is 8. The van der Waals surface area contributed by atoms with E-state index in [9.17, 15) is 47.7 Å². The van der Waals surface area contributed by atoms with Crippen molar-refractivity contribution in [1.82, 2.24) is 9.97 Å². The van der Waals surface area contributed by atoms with Crippen molar-refractivity contribution < 1.29 is 121 Å². The molecule has 1 atom stereocenters. The van der Waals surface area contributed by atoms with Crippen LogP contribution < -0.4 is 71.3 Å². The predicted octanol–water partition coefficient (Wildman–Crippen LogP) is 6.48. The maximum Gasteiger partial charge on any atom is 1.00 e. The second-order valence-electron chi connectivity index (χ2n) is 17.3. The molecule has 0 aliphatic rings. The van der Waals surface area contributed by atoms with Crippen LogP contribution in [0.5, 0.6) is 23.0 Å². The maximum atomic E-state index is 12.0. The van der Waals surface area contributed by atoms with Crippen LogP contribution in [-0.2, 0) is 70.3 Å². The Morgan fingerprint density at radius 2 is 1.02 bits per heavy atom. The van der Waals surface area contributed by atoms with E-state index in [1.165, 1.54) is 56.5 Å². The number of rotatable bonds is 19. The first-order chi connectivity index (χ1) is 43.1. The molecule has 1 aromatic heterocycles. The van der Waals surface area contributed by atoms with Gasteiger partial charge in [0.15, 0.2) is 5.96 Å². The number of nitrogens with one attached hydrogen (secondary N) is 2. The molecule has 0 saturated carbocycles. The Morgan fingerprint density at radius 3 is 1.34 bits per heavy atom. The normalized spacial score (nSPS) is 9.78. The number of nitrogens with zero attached hydrogens (tertiary/aromatic N) is 2. The summed E-state index contributed by atoms with van der Waals surface area (Å²) in [4.78, 5) is 108. The van der Waals surface area contributed by atoms with Crippen LogP contribution in [-0.4, -0.2) is 141 Å². The number of carbonyl (C=O) groups excluding carboxylic acids is 8. The quantitative estimate of drug-likeness (QED) is 0.00592. The van der Waals surface area contributed by atoms with Crippen molar-refractivity contribution in [3.05, 3.63) is 139 Å². The third kappa shape index (κ3) is 40.0. The van der Waals surface area contributed by atoms with Crippen LogP contribution in [0.3, 0.4) is 0 Å². The van der Waals surface area contributed by atoms with E-state index >= 15 is 0 Å². The molecule has 0 fully saturated rings. The van der Waals surface area contributed by atoms with Crippen molar-refractivity contribution >= 4 is 135 Å². The van der Waals surface area contributed by atoms with Crippen molar-refractivity contribution in [3.8, 4) is 23.0 Å². The van der Waals surface area contributed by atoms with Gasteiger partial charge in [0.1, 0.15) is 46.9 Å². The number of thiol groups is 1. The molecule has 0 bridgehead atoms. The molecular weight excluding hydrogens is 1400 g/mol. The number of alkyl halides is 1. The largest absolute Gasteiger partial charge is 1.00 e. The van der Waals surface area contributed by atoms with Crippen molar-refractivity contribution in [2.45, 2.75) is 66.1 Å². The van der Waals surface area contributed by atoms with Gasteiger partial charge in [0.25, 0.3) is 5.56 Å². The number of Topliss-reactive ketones (excluding diaryl/α,β-unsaturated/α-hetero) is 2. The minimum atomic E-state index is -3.22. The predicted molar refractivity (Wildman–Crippen MR) is 358 cm³/mol. The topological polar surface area (TPSA) is 406 Å². The molecule has 0 aliphatic heterocycles. The van der Waals surface area contributed by atoms with Gasteiger partial charge in [0.05, 0.1) is 98.0 Å². The smallest absolute Gasteiger partial charge is 1.00 e. The van der Waals surface area contributed by atoms with Crippen LogP contribution in [0.4, 0.5) is 5.95 Å². The van der Waals surface area contributed by atoms with Crippen LogP contribution in [0, 0.1) is 25.2 Å². The van der Waals surface area contributed by atoms with Crippen molar-refractivity contribution in [3.63, 3.8) is 0 Å². The molecule has 35 heteroatoms. The summed E-state index contributed by atoms with van der Waals surface area (Å²) in [7, 11) is 15.8. The minimum Gasteiger partial charge on any atom is -1.00 e. The number of aryl methyl sites for hydroxylation is 2. The van der Waals surface area contributed by atoms with Gasteiger partial charge in [-0.15, -0.1) is 0 Å². The molecule has 0 amide bonds. The van der Waals surface area contributed by atoms with Crippen molar-refractivity contribution in [1.29, 1.82) is 5.41 Å². The van der Waals surface area contributed by atoms with Gasteiger partial charge in [-0.25, -0.2) is 24.2 Å². The maximum absolute atomic E-state index is 12.0. The second kappa shape index (κ2) is 51.4. The van der Waals surface area contributed by atoms with E-state index in [0.29, 0.717) is 68.1 Å². The number of anilines is 1. The molecule has 0 spiro atoms. The fourth-order valence-corrected chi connectivity index (χ4v) is 7.34. The van der Waals surface area contributed by atoms with E-state index in [1.807, 2.05) is 6.92 Å². The number of ether oxygens (including phenoxy) is 10. The monoisotopic (exact) mass is 1470 g/mol. The number of benzene rings is 4. The third-order valence-corrected chi connectivity index (χ3v) is 11.5. The average Bonchev–Trinajstić information content (AvgIpc) is 0.931. The molecule has 93 heavy (non-hydrogen) atoms. The van der Waals surface area contributed by atoms with Gasteiger partial charge >= 0.3 is 95.3 Å². The molecule has 0 saturated heterocycles. The Hall–Kier alpha value is -7.02. The molecule has 1 unspecified atom stereocenters. The zero-order valence-electron chi connectivity index (χ0n) is 55.0. The van der Waals surface area contributed by atoms with Crippen molar-refractivity contribution in [2.75, 3.05) is 75.8 Å². The van der Waals surface area contributed by atoms with Crippen molar-refractivity contribution in [2.24, 2.45) is 21.7 Å². The SMILES string of the molecule is CCOC(=O)C(Cc1cc(C(=O)OC)ccc1OC)C(C)=O.CCOC(=O)CC(C)=O.COC(=O)c1ccc(OC)c(C)c1.COC(=O)c1ccc(OC)c(CBr)c1.COC(=O)c1ccc(OC)c(Cc2c(C)nc(N)[nH]c2=O)c1.N=C(N)N.O=P(Cl)(Cl)Cl.[B]=NS.[H-].[Na+]. The molecule has 507 valence electrons. The first-order valence-electron chi connectivity index (χ1n) is 26.2. The summed E-state index contributed by atoms with van der Waals surface area (Å²) in [6.07, 6.45) is 0.262. The molecule has 0 aliphatic carbocycles. The number of aromatic nitrogens is 2. The van der Waals surface area contributed by atoms with E-state index < -0.39 is 35.0 Å². The molecule has 27 nitrogen and oxygen atoms in total. The molecular formula is C58H77BBrCl3N7NaO20PS. The fourth-order valence-electron chi connectivity index (χ4n) is 6.90. The Labute approximate surface area is 592 Å². The zero-order valence-corrected chi connectivity index (χ0v) is 61.7.